The van der Waals surface area contributed by atoms with Crippen molar-refractivity contribution in [2.45, 2.75) is 45.8 Å². The topological polar surface area (TPSA) is 80.3 Å². The van der Waals surface area contributed by atoms with E-state index in [0.717, 1.165) is 6.42 Å². The Morgan fingerprint density at radius 2 is 1.91 bits per heavy atom. The zero-order valence-corrected chi connectivity index (χ0v) is 18.0. The molecule has 0 spiro atoms. The lowest BCUT2D eigenvalue weighted by atomic mass is 9.69. The van der Waals surface area contributed by atoms with E-state index >= 15 is 0 Å². The van der Waals surface area contributed by atoms with Gasteiger partial charge in [-0.2, -0.15) is 0 Å². The zero-order chi connectivity index (χ0) is 26.0. The third kappa shape index (κ3) is 3.87. The Morgan fingerprint density at radius 1 is 1.12 bits per heavy atom. The van der Waals surface area contributed by atoms with Gasteiger partial charge in [0.05, 0.1) is 31.3 Å². The third-order valence-corrected chi connectivity index (χ3v) is 5.89. The van der Waals surface area contributed by atoms with Gasteiger partial charge in [-0.3, -0.25) is 4.79 Å². The Hall–Kier alpha value is -3.22. The predicted molar refractivity (Wildman–Crippen MR) is 117 cm³/mol. The molecule has 0 aromatic heterocycles. The van der Waals surface area contributed by atoms with Crippen LogP contribution in [0.4, 0.5) is 0 Å². The Morgan fingerprint density at radius 3 is 2.59 bits per heavy atom. The highest BCUT2D eigenvalue weighted by atomic mass is 16.6. The van der Waals surface area contributed by atoms with E-state index in [4.69, 9.17) is 29.2 Å². The largest absolute Gasteiger partial charge is 0.493 e. The maximum Gasteiger partial charge on any atom is 0.338 e. The molecule has 1 aliphatic carbocycles. The lowest BCUT2D eigenvalue weighted by molar-refractivity contribution is -0.168. The Balaban J connectivity index is 1.77. The van der Waals surface area contributed by atoms with E-state index in [1.165, 1.54) is 6.07 Å². The van der Waals surface area contributed by atoms with Crippen molar-refractivity contribution in [1.29, 1.82) is 0 Å². The minimum absolute atomic E-state index is 0.0379. The van der Waals surface area contributed by atoms with E-state index in [1.54, 1.807) is 38.1 Å². The summed E-state index contributed by atoms with van der Waals surface area (Å²) in [7, 11) is -3.45. The van der Waals surface area contributed by atoms with Gasteiger partial charge in [0, 0.05) is 11.1 Å². The monoisotopic (exact) mass is 444 g/mol. The normalized spacial score (nSPS) is 18.1. The number of carbonyl (C=O) groups is 2. The van der Waals surface area contributed by atoms with Gasteiger partial charge in [0.15, 0.2) is 11.5 Å². The molecule has 1 saturated carbocycles. The molecule has 1 fully saturated rings. The number of esters is 2. The van der Waals surface area contributed by atoms with Crippen LogP contribution in [0, 0.1) is 5.41 Å². The van der Waals surface area contributed by atoms with Crippen LogP contribution in [0.5, 0.6) is 17.2 Å². The molecule has 32 heavy (non-hydrogen) atoms. The van der Waals surface area contributed by atoms with Crippen molar-refractivity contribution in [1.82, 2.24) is 0 Å². The molecule has 0 saturated heterocycles. The van der Waals surface area contributed by atoms with E-state index in [9.17, 15) is 9.59 Å². The lowest BCUT2D eigenvalue weighted by Crippen LogP contribution is -2.45. The van der Waals surface area contributed by atoms with E-state index in [-0.39, 0.29) is 42.5 Å². The van der Waals surface area contributed by atoms with Gasteiger partial charge in [0.25, 0.3) is 0 Å². The molecule has 2 aromatic carbocycles. The fourth-order valence-corrected chi connectivity index (χ4v) is 3.98. The molecule has 2 aromatic rings. The van der Waals surface area contributed by atoms with Crippen LogP contribution in [0.1, 0.15) is 54.5 Å². The molecule has 7 nitrogen and oxygen atoms in total. The maximum atomic E-state index is 12.9. The number of methoxy groups -OCH3 is 2. The molecule has 0 unspecified atom stereocenters. The Kier molecular flexibility index (Phi) is 4.73. The fourth-order valence-electron chi connectivity index (χ4n) is 3.98. The second-order valence-electron chi connectivity index (χ2n) is 8.33. The molecule has 0 bridgehead atoms. The maximum absolute atomic E-state index is 12.9. The molecule has 7 heteroatoms. The van der Waals surface area contributed by atoms with Crippen LogP contribution in [0.25, 0.3) is 11.1 Å². The van der Waals surface area contributed by atoms with Crippen molar-refractivity contribution >= 4 is 11.9 Å². The molecule has 1 heterocycles. The summed E-state index contributed by atoms with van der Waals surface area (Å²) in [6.07, 6.45) is 1.73. The molecule has 1 aliphatic heterocycles. The van der Waals surface area contributed by atoms with Gasteiger partial charge in [-0.05, 0) is 56.5 Å². The molecular weight excluding hydrogens is 412 g/mol. The number of fused-ring (bicyclic) bond motifs is 1. The Labute approximate surface area is 193 Å². The average Bonchev–Trinajstić information content (AvgIpc) is 3.13. The first kappa shape index (κ1) is 17.3. The number of cyclic esters (lactones) is 1. The highest BCUT2D eigenvalue weighted by Gasteiger charge is 2.47. The molecule has 170 valence electrons. The number of benzene rings is 2. The first-order valence-electron chi connectivity index (χ1n) is 12.7. The highest BCUT2D eigenvalue weighted by molar-refractivity contribution is 5.94. The van der Waals surface area contributed by atoms with Gasteiger partial charge in [-0.25, -0.2) is 4.79 Å². The quantitative estimate of drug-likeness (QED) is 0.553. The third-order valence-electron chi connectivity index (χ3n) is 5.89. The second kappa shape index (κ2) is 8.73. The smallest absolute Gasteiger partial charge is 0.338 e. The summed E-state index contributed by atoms with van der Waals surface area (Å²) >= 11 is 0. The summed E-state index contributed by atoms with van der Waals surface area (Å²) in [5.41, 5.74) is 1.45. The predicted octanol–water partition coefficient (Wildman–Crippen LogP) is 4.54. The SMILES string of the molecule is [2H]C([2H])Oc1ccc(-c2ccc3c(c2)COC3=O)c(OCC2(C(=O)OC(C)C)CCC2)c1OC([2H])[2H]. The highest BCUT2D eigenvalue weighted by Crippen LogP contribution is 2.48. The Bertz CT molecular complexity index is 1150. The standard InChI is InChI=1S/C25H28O7/c1-15(2)32-24(27)25(10-5-11-25)14-31-21-18(8-9-20(28-3)22(21)29-4)16-6-7-19-17(12-16)13-30-23(19)26/h6-9,12,15H,5,10-11,13-14H2,1-4H3/i3D2,4D2. The fraction of sp³-hybridized carbons (Fsp3) is 0.440. The first-order valence-corrected chi connectivity index (χ1v) is 10.4. The summed E-state index contributed by atoms with van der Waals surface area (Å²) in [4.78, 5) is 24.7. The van der Waals surface area contributed by atoms with Crippen molar-refractivity contribution in [3.63, 3.8) is 0 Å². The number of ether oxygens (including phenoxy) is 5. The van der Waals surface area contributed by atoms with Crippen molar-refractivity contribution in [2.24, 2.45) is 5.41 Å². The minimum Gasteiger partial charge on any atom is -0.493 e. The average molecular weight is 445 g/mol. The van der Waals surface area contributed by atoms with Gasteiger partial charge in [0.1, 0.15) is 18.6 Å². The summed E-state index contributed by atoms with van der Waals surface area (Å²) in [6, 6.07) is 8.23. The van der Waals surface area contributed by atoms with Crippen LogP contribution in [0.15, 0.2) is 30.3 Å². The van der Waals surface area contributed by atoms with Crippen LogP contribution < -0.4 is 14.2 Å². The van der Waals surface area contributed by atoms with Gasteiger partial charge < -0.3 is 23.7 Å². The van der Waals surface area contributed by atoms with Crippen LogP contribution in [-0.2, 0) is 20.9 Å². The minimum atomic E-state index is -1.76. The lowest BCUT2D eigenvalue weighted by Gasteiger charge is -2.39. The van der Waals surface area contributed by atoms with Gasteiger partial charge in [0.2, 0.25) is 5.75 Å². The molecule has 4 rings (SSSR count). The second-order valence-corrected chi connectivity index (χ2v) is 8.33. The zero-order valence-electron chi connectivity index (χ0n) is 22.0. The molecule has 0 atom stereocenters. The molecule has 0 radical (unpaired) electrons. The van der Waals surface area contributed by atoms with Crippen molar-refractivity contribution in [3.05, 3.63) is 41.5 Å². The van der Waals surface area contributed by atoms with Crippen LogP contribution >= 0.6 is 0 Å². The molecular formula is C25H28O7. The van der Waals surface area contributed by atoms with Gasteiger partial charge in [-0.1, -0.05) is 12.5 Å². The number of carbonyl (C=O) groups excluding carboxylic acids is 2. The van der Waals surface area contributed by atoms with Crippen LogP contribution in [0.3, 0.4) is 0 Å². The van der Waals surface area contributed by atoms with Gasteiger partial charge >= 0.3 is 11.9 Å². The first-order chi connectivity index (χ1) is 17.1. The molecule has 0 amide bonds. The number of hydrogen-bond acceptors (Lipinski definition) is 7. The molecule has 2 aliphatic rings. The van der Waals surface area contributed by atoms with E-state index in [0.29, 0.717) is 35.1 Å². The van der Waals surface area contributed by atoms with Crippen LogP contribution in [0.2, 0.25) is 0 Å². The van der Waals surface area contributed by atoms with E-state index in [2.05, 4.69) is 0 Å². The van der Waals surface area contributed by atoms with Gasteiger partial charge in [-0.15, -0.1) is 0 Å². The van der Waals surface area contributed by atoms with Crippen molar-refractivity contribution in [2.75, 3.05) is 20.7 Å². The summed E-state index contributed by atoms with van der Waals surface area (Å²) in [6.45, 7) is 3.65. The molecule has 0 N–H and O–H groups in total. The van der Waals surface area contributed by atoms with Crippen molar-refractivity contribution < 1.29 is 38.8 Å². The number of rotatable bonds is 8. The van der Waals surface area contributed by atoms with Crippen LogP contribution in [-0.4, -0.2) is 38.8 Å². The van der Waals surface area contributed by atoms with Crippen molar-refractivity contribution in [3.8, 4) is 28.4 Å². The summed E-state index contributed by atoms with van der Waals surface area (Å²) in [5, 5.41) is 0. The summed E-state index contributed by atoms with van der Waals surface area (Å²) < 4.78 is 57.7. The summed E-state index contributed by atoms with van der Waals surface area (Å²) in [5.74, 6) is -0.817. The van der Waals surface area contributed by atoms with E-state index < -0.39 is 25.5 Å². The van der Waals surface area contributed by atoms with E-state index in [1.807, 2.05) is 0 Å². The number of hydrogen-bond donors (Lipinski definition) is 0.